The second-order valence-corrected chi connectivity index (χ2v) is 7.73. The highest BCUT2D eigenvalue weighted by molar-refractivity contribution is 5.80. The Balaban J connectivity index is 1.63. The second-order valence-electron chi connectivity index (χ2n) is 7.73. The van der Waals surface area contributed by atoms with Gasteiger partial charge in [-0.15, -0.1) is 0 Å². The van der Waals surface area contributed by atoms with Gasteiger partial charge in [-0.1, -0.05) is 35.9 Å². The number of benzene rings is 2. The molecular weight excluding hydrogens is 327 g/mol. The summed E-state index contributed by atoms with van der Waals surface area (Å²) in [4.78, 5) is 15.2. The van der Waals surface area contributed by atoms with Crippen LogP contribution in [0.3, 0.4) is 0 Å². The van der Waals surface area contributed by atoms with Crippen LogP contribution in [0.1, 0.15) is 28.3 Å². The molecule has 2 aliphatic heterocycles. The fourth-order valence-corrected chi connectivity index (χ4v) is 4.55. The van der Waals surface area contributed by atoms with E-state index in [2.05, 4.69) is 37.4 Å². The molecule has 1 N–H and O–H groups in total. The molecule has 2 aromatic carbocycles. The highest BCUT2D eigenvalue weighted by Crippen LogP contribution is 2.43. The van der Waals surface area contributed by atoms with Crippen LogP contribution in [0.2, 0.25) is 0 Å². The minimum absolute atomic E-state index is 0.0386. The molecule has 0 saturated carbocycles. The monoisotopic (exact) mass is 352 g/mol. The molecule has 0 unspecified atom stereocenters. The SMILES string of the molecule is Cc1ccc(C)c(CC(=O)N2C[C@@H]3CNC[C@@H]3[C@H]2c2cccc(F)c2)c1. The molecule has 3 nitrogen and oxygen atoms in total. The lowest BCUT2D eigenvalue weighted by Gasteiger charge is -2.29. The first-order chi connectivity index (χ1) is 12.5. The zero-order chi connectivity index (χ0) is 18.3. The number of halogens is 1. The van der Waals surface area contributed by atoms with Crippen LogP contribution in [0.4, 0.5) is 4.39 Å². The maximum absolute atomic E-state index is 13.8. The summed E-state index contributed by atoms with van der Waals surface area (Å²) >= 11 is 0. The number of carbonyl (C=O) groups is 1. The Labute approximate surface area is 154 Å². The van der Waals surface area contributed by atoms with Crippen LogP contribution in [0, 0.1) is 31.5 Å². The lowest BCUT2D eigenvalue weighted by atomic mass is 9.89. The number of amides is 1. The Morgan fingerprint density at radius 3 is 2.85 bits per heavy atom. The highest BCUT2D eigenvalue weighted by Gasteiger charge is 2.46. The molecule has 2 saturated heterocycles. The average molecular weight is 352 g/mol. The molecule has 4 rings (SSSR count). The largest absolute Gasteiger partial charge is 0.335 e. The molecule has 0 radical (unpaired) electrons. The molecule has 1 amide bonds. The maximum Gasteiger partial charge on any atom is 0.227 e. The molecule has 0 aliphatic carbocycles. The molecule has 0 spiro atoms. The summed E-state index contributed by atoms with van der Waals surface area (Å²) in [5, 5.41) is 3.43. The summed E-state index contributed by atoms with van der Waals surface area (Å²) in [5.74, 6) is 0.714. The second kappa shape index (κ2) is 6.84. The number of likely N-dealkylation sites (tertiary alicyclic amines) is 1. The van der Waals surface area contributed by atoms with Gasteiger partial charge in [-0.3, -0.25) is 4.79 Å². The summed E-state index contributed by atoms with van der Waals surface area (Å²) in [6, 6.07) is 13.0. The van der Waals surface area contributed by atoms with Crippen LogP contribution in [0.5, 0.6) is 0 Å². The first-order valence-electron chi connectivity index (χ1n) is 9.34. The summed E-state index contributed by atoms with van der Waals surface area (Å²) < 4.78 is 13.8. The van der Waals surface area contributed by atoms with E-state index < -0.39 is 0 Å². The van der Waals surface area contributed by atoms with E-state index in [1.807, 2.05) is 11.0 Å². The third kappa shape index (κ3) is 3.14. The number of fused-ring (bicyclic) bond motifs is 1. The summed E-state index contributed by atoms with van der Waals surface area (Å²) in [6.07, 6.45) is 0.409. The number of aryl methyl sites for hydroxylation is 2. The van der Waals surface area contributed by atoms with Crippen LogP contribution in [-0.4, -0.2) is 30.4 Å². The van der Waals surface area contributed by atoms with Gasteiger partial charge in [0.05, 0.1) is 12.5 Å². The summed E-state index contributed by atoms with van der Waals surface area (Å²) in [6.45, 7) is 6.68. The Morgan fingerprint density at radius 1 is 1.19 bits per heavy atom. The van der Waals surface area contributed by atoms with E-state index in [1.54, 1.807) is 12.1 Å². The molecule has 4 heteroatoms. The zero-order valence-electron chi connectivity index (χ0n) is 15.3. The van der Waals surface area contributed by atoms with Crippen molar-refractivity contribution in [1.29, 1.82) is 0 Å². The summed E-state index contributed by atoms with van der Waals surface area (Å²) in [5.41, 5.74) is 4.31. The van der Waals surface area contributed by atoms with Crippen LogP contribution in [-0.2, 0) is 11.2 Å². The molecule has 2 fully saturated rings. The number of carbonyl (C=O) groups excluding carboxylic acids is 1. The van der Waals surface area contributed by atoms with E-state index in [4.69, 9.17) is 0 Å². The molecule has 136 valence electrons. The van der Waals surface area contributed by atoms with Gasteiger partial charge in [0.15, 0.2) is 0 Å². The third-order valence-corrected chi connectivity index (χ3v) is 5.92. The van der Waals surface area contributed by atoms with Gasteiger partial charge in [0, 0.05) is 25.6 Å². The van der Waals surface area contributed by atoms with Crippen molar-refractivity contribution in [2.45, 2.75) is 26.3 Å². The van der Waals surface area contributed by atoms with E-state index in [1.165, 1.54) is 11.6 Å². The number of hydrogen-bond acceptors (Lipinski definition) is 2. The molecule has 26 heavy (non-hydrogen) atoms. The van der Waals surface area contributed by atoms with Crippen LogP contribution in [0.15, 0.2) is 42.5 Å². The molecule has 2 aromatic rings. The van der Waals surface area contributed by atoms with E-state index >= 15 is 0 Å². The van der Waals surface area contributed by atoms with Gasteiger partial charge < -0.3 is 10.2 Å². The minimum atomic E-state index is -0.237. The number of hydrogen-bond donors (Lipinski definition) is 1. The highest BCUT2D eigenvalue weighted by atomic mass is 19.1. The van der Waals surface area contributed by atoms with Gasteiger partial charge in [-0.2, -0.15) is 0 Å². The molecule has 0 bridgehead atoms. The van der Waals surface area contributed by atoms with Gasteiger partial charge in [0.2, 0.25) is 5.91 Å². The normalized spacial score (nSPS) is 24.7. The Morgan fingerprint density at radius 2 is 2.04 bits per heavy atom. The van der Waals surface area contributed by atoms with Crippen molar-refractivity contribution in [2.75, 3.05) is 19.6 Å². The Bertz CT molecular complexity index is 835. The van der Waals surface area contributed by atoms with Crippen molar-refractivity contribution in [3.8, 4) is 0 Å². The van der Waals surface area contributed by atoms with E-state index in [-0.39, 0.29) is 17.8 Å². The fraction of sp³-hybridized carbons (Fsp3) is 0.409. The predicted molar refractivity (Wildman–Crippen MR) is 100 cm³/mol. The number of nitrogens with zero attached hydrogens (tertiary/aromatic N) is 1. The van der Waals surface area contributed by atoms with E-state index in [0.717, 1.165) is 36.3 Å². The van der Waals surface area contributed by atoms with E-state index in [0.29, 0.717) is 18.3 Å². The maximum atomic E-state index is 13.8. The topological polar surface area (TPSA) is 32.3 Å². The van der Waals surface area contributed by atoms with Crippen LogP contribution in [0.25, 0.3) is 0 Å². The Kier molecular flexibility index (Phi) is 4.53. The lowest BCUT2D eigenvalue weighted by molar-refractivity contribution is -0.131. The van der Waals surface area contributed by atoms with Crippen LogP contribution >= 0.6 is 0 Å². The molecule has 2 heterocycles. The smallest absolute Gasteiger partial charge is 0.227 e. The number of rotatable bonds is 3. The molecule has 0 aromatic heterocycles. The quantitative estimate of drug-likeness (QED) is 0.918. The van der Waals surface area contributed by atoms with E-state index in [9.17, 15) is 9.18 Å². The standard InChI is InChI=1S/C22H25FN2O/c1-14-6-7-15(2)17(8-14)10-21(26)25-13-18-11-24-12-20(18)22(25)16-4-3-5-19(23)9-16/h3-9,18,20,22,24H,10-13H2,1-2H3/t18-,20-,22+/m0/s1. The molecular formula is C22H25FN2O. The molecule has 2 aliphatic rings. The number of nitrogens with one attached hydrogen (secondary N) is 1. The summed E-state index contributed by atoms with van der Waals surface area (Å²) in [7, 11) is 0. The van der Waals surface area contributed by atoms with Crippen LogP contribution < -0.4 is 5.32 Å². The van der Waals surface area contributed by atoms with Gasteiger partial charge in [-0.05, 0) is 48.6 Å². The van der Waals surface area contributed by atoms with Crippen molar-refractivity contribution >= 4 is 5.91 Å². The molecule has 3 atom stereocenters. The van der Waals surface area contributed by atoms with Crippen molar-refractivity contribution in [3.63, 3.8) is 0 Å². The first kappa shape index (κ1) is 17.2. The van der Waals surface area contributed by atoms with Gasteiger partial charge in [-0.25, -0.2) is 4.39 Å². The van der Waals surface area contributed by atoms with Gasteiger partial charge >= 0.3 is 0 Å². The van der Waals surface area contributed by atoms with Gasteiger partial charge in [0.25, 0.3) is 0 Å². The van der Waals surface area contributed by atoms with Gasteiger partial charge in [0.1, 0.15) is 5.82 Å². The van der Waals surface area contributed by atoms with Crippen molar-refractivity contribution in [1.82, 2.24) is 10.2 Å². The Hall–Kier alpha value is -2.20. The zero-order valence-corrected chi connectivity index (χ0v) is 15.3. The minimum Gasteiger partial charge on any atom is -0.335 e. The van der Waals surface area contributed by atoms with Crippen molar-refractivity contribution in [2.24, 2.45) is 11.8 Å². The van der Waals surface area contributed by atoms with Crippen molar-refractivity contribution in [3.05, 3.63) is 70.5 Å². The first-order valence-corrected chi connectivity index (χ1v) is 9.34. The third-order valence-electron chi connectivity index (χ3n) is 5.92. The lowest BCUT2D eigenvalue weighted by Crippen LogP contribution is -2.35. The predicted octanol–water partition coefficient (Wildman–Crippen LogP) is 3.40. The fourth-order valence-electron chi connectivity index (χ4n) is 4.55. The van der Waals surface area contributed by atoms with Crippen molar-refractivity contribution < 1.29 is 9.18 Å². The average Bonchev–Trinajstić information content (AvgIpc) is 3.19.